The predicted molar refractivity (Wildman–Crippen MR) is 80.0 cm³/mol. The average Bonchev–Trinajstić information content (AvgIpc) is 2.26. The molecular weight excluding hydrogens is 211 g/mol. The molecule has 98 valence electrons. The Bertz CT molecular complexity index is 198. The van der Waals surface area contributed by atoms with Gasteiger partial charge in [-0.1, -0.05) is 67.7 Å². The zero-order valence-corrected chi connectivity index (χ0v) is 13.7. The Kier molecular flexibility index (Phi) is 6.56. The summed E-state index contributed by atoms with van der Waals surface area (Å²) >= 11 is 0. The van der Waals surface area contributed by atoms with Crippen LogP contribution in [0.2, 0.25) is 0 Å². The van der Waals surface area contributed by atoms with E-state index in [2.05, 4.69) is 57.7 Å². The molecule has 0 rings (SSSR count). The van der Waals surface area contributed by atoms with Crippen molar-refractivity contribution >= 4 is 9.24 Å². The number of hydrogen-bond acceptors (Lipinski definition) is 0. The minimum Gasteiger partial charge on any atom is -0.131 e. The lowest BCUT2D eigenvalue weighted by Gasteiger charge is -2.51. The van der Waals surface area contributed by atoms with Crippen LogP contribution in [-0.2, 0) is 0 Å². The molecule has 0 amide bonds. The van der Waals surface area contributed by atoms with Gasteiger partial charge in [0.15, 0.2) is 0 Å². The van der Waals surface area contributed by atoms with E-state index in [1.54, 1.807) is 0 Å². The van der Waals surface area contributed by atoms with Crippen LogP contribution in [0.1, 0.15) is 74.1 Å². The van der Waals surface area contributed by atoms with Gasteiger partial charge < -0.3 is 0 Å². The second-order valence-electron chi connectivity index (χ2n) is 6.07. The van der Waals surface area contributed by atoms with Gasteiger partial charge in [0.05, 0.1) is 0 Å². The SMILES string of the molecule is CCCC(C)(C(C)CC)C(C)(P)C(C)CC. The fourth-order valence-corrected chi connectivity index (χ4v) is 3.67. The first-order valence-electron chi connectivity index (χ1n) is 7.06. The third-order valence-electron chi connectivity index (χ3n) is 5.34. The topological polar surface area (TPSA) is 0 Å². The Labute approximate surface area is 106 Å². The Hall–Kier alpha value is 0.430. The Morgan fingerprint density at radius 3 is 1.69 bits per heavy atom. The van der Waals surface area contributed by atoms with Crippen molar-refractivity contribution in [3.05, 3.63) is 0 Å². The molecule has 0 heterocycles. The maximum Gasteiger partial charge on any atom is -0.00968 e. The van der Waals surface area contributed by atoms with Crippen LogP contribution < -0.4 is 0 Å². The van der Waals surface area contributed by atoms with Crippen molar-refractivity contribution in [1.82, 2.24) is 0 Å². The molecule has 0 aromatic carbocycles. The fourth-order valence-electron chi connectivity index (χ4n) is 3.00. The summed E-state index contributed by atoms with van der Waals surface area (Å²) in [6.07, 6.45) is 5.19. The van der Waals surface area contributed by atoms with Gasteiger partial charge in [0.2, 0.25) is 0 Å². The van der Waals surface area contributed by atoms with Gasteiger partial charge in [0.25, 0.3) is 0 Å². The summed E-state index contributed by atoms with van der Waals surface area (Å²) in [6, 6.07) is 0. The highest BCUT2D eigenvalue weighted by Crippen LogP contribution is 2.53. The van der Waals surface area contributed by atoms with E-state index in [0.29, 0.717) is 10.6 Å². The van der Waals surface area contributed by atoms with Gasteiger partial charge in [-0.3, -0.25) is 0 Å². The zero-order valence-electron chi connectivity index (χ0n) is 12.6. The van der Waals surface area contributed by atoms with E-state index in [9.17, 15) is 0 Å². The zero-order chi connectivity index (χ0) is 13.0. The van der Waals surface area contributed by atoms with Gasteiger partial charge in [0.1, 0.15) is 0 Å². The average molecular weight is 244 g/mol. The molecular formula is C15H33P. The minimum atomic E-state index is 0.354. The van der Waals surface area contributed by atoms with Crippen LogP contribution in [0.15, 0.2) is 0 Å². The molecule has 0 radical (unpaired) electrons. The van der Waals surface area contributed by atoms with Crippen LogP contribution in [0.25, 0.3) is 0 Å². The van der Waals surface area contributed by atoms with E-state index in [-0.39, 0.29) is 0 Å². The molecule has 0 bridgehead atoms. The fraction of sp³-hybridized carbons (Fsp3) is 1.00. The maximum absolute atomic E-state index is 3.19. The summed E-state index contributed by atoms with van der Waals surface area (Å²) < 4.78 is 0. The lowest BCUT2D eigenvalue weighted by Crippen LogP contribution is -2.47. The first-order chi connectivity index (χ1) is 7.27. The monoisotopic (exact) mass is 244 g/mol. The lowest BCUT2D eigenvalue weighted by molar-refractivity contribution is 0.0855. The van der Waals surface area contributed by atoms with Crippen molar-refractivity contribution < 1.29 is 0 Å². The third-order valence-corrected chi connectivity index (χ3v) is 6.56. The molecule has 0 N–H and O–H groups in total. The van der Waals surface area contributed by atoms with Gasteiger partial charge in [-0.05, 0) is 28.8 Å². The summed E-state index contributed by atoms with van der Waals surface area (Å²) in [5.74, 6) is 1.56. The summed E-state index contributed by atoms with van der Waals surface area (Å²) in [7, 11) is 3.19. The standard InChI is InChI=1S/C15H33P/c1-8-11-14(6,12(4)9-2)15(7,16)13(5)10-3/h12-13H,8-11,16H2,1-7H3. The van der Waals surface area contributed by atoms with Gasteiger partial charge in [-0.25, -0.2) is 0 Å². The normalized spacial score (nSPS) is 23.2. The first kappa shape index (κ1) is 16.4. The van der Waals surface area contributed by atoms with Crippen molar-refractivity contribution in [2.24, 2.45) is 17.3 Å². The van der Waals surface area contributed by atoms with Crippen molar-refractivity contribution in [1.29, 1.82) is 0 Å². The minimum absolute atomic E-state index is 0.354. The van der Waals surface area contributed by atoms with E-state index >= 15 is 0 Å². The third kappa shape index (κ3) is 3.00. The van der Waals surface area contributed by atoms with Crippen LogP contribution in [-0.4, -0.2) is 5.16 Å². The highest BCUT2D eigenvalue weighted by atomic mass is 31.0. The van der Waals surface area contributed by atoms with E-state index in [4.69, 9.17) is 0 Å². The maximum atomic E-state index is 3.19. The summed E-state index contributed by atoms with van der Waals surface area (Å²) in [6.45, 7) is 16.8. The Morgan fingerprint density at radius 2 is 1.38 bits per heavy atom. The van der Waals surface area contributed by atoms with E-state index in [1.165, 1.54) is 25.7 Å². The van der Waals surface area contributed by atoms with Gasteiger partial charge in [0, 0.05) is 0 Å². The molecule has 0 aromatic rings. The summed E-state index contributed by atoms with van der Waals surface area (Å²) in [5.41, 5.74) is 0.441. The van der Waals surface area contributed by atoms with E-state index in [1.807, 2.05) is 0 Å². The quantitative estimate of drug-likeness (QED) is 0.517. The van der Waals surface area contributed by atoms with Gasteiger partial charge in [-0.15, -0.1) is 9.24 Å². The van der Waals surface area contributed by atoms with Crippen LogP contribution in [0.3, 0.4) is 0 Å². The molecule has 1 heteroatoms. The number of hydrogen-bond donors (Lipinski definition) is 0. The van der Waals surface area contributed by atoms with Crippen LogP contribution >= 0.6 is 9.24 Å². The molecule has 5 unspecified atom stereocenters. The van der Waals surface area contributed by atoms with Crippen molar-refractivity contribution in [2.45, 2.75) is 79.3 Å². The van der Waals surface area contributed by atoms with Crippen molar-refractivity contribution in [3.63, 3.8) is 0 Å². The molecule has 0 aliphatic heterocycles. The molecule has 0 nitrogen and oxygen atoms in total. The summed E-state index contributed by atoms with van der Waals surface area (Å²) in [5, 5.41) is 0.354. The molecule has 0 aliphatic rings. The van der Waals surface area contributed by atoms with Crippen molar-refractivity contribution in [3.8, 4) is 0 Å². The molecule has 0 saturated heterocycles. The van der Waals surface area contributed by atoms with Crippen LogP contribution in [0.5, 0.6) is 0 Å². The predicted octanol–water partition coefficient (Wildman–Crippen LogP) is 5.52. The van der Waals surface area contributed by atoms with E-state index in [0.717, 1.165) is 11.8 Å². The Morgan fingerprint density at radius 1 is 0.938 bits per heavy atom. The van der Waals surface area contributed by atoms with Gasteiger partial charge >= 0.3 is 0 Å². The first-order valence-corrected chi connectivity index (χ1v) is 7.64. The van der Waals surface area contributed by atoms with Crippen LogP contribution in [0, 0.1) is 17.3 Å². The second kappa shape index (κ2) is 6.39. The van der Waals surface area contributed by atoms with E-state index < -0.39 is 0 Å². The molecule has 16 heavy (non-hydrogen) atoms. The Balaban J connectivity index is 5.16. The van der Waals surface area contributed by atoms with Crippen molar-refractivity contribution in [2.75, 3.05) is 0 Å². The largest absolute Gasteiger partial charge is 0.131 e. The lowest BCUT2D eigenvalue weighted by atomic mass is 9.61. The number of rotatable bonds is 7. The molecule has 0 saturated carbocycles. The highest BCUT2D eigenvalue weighted by molar-refractivity contribution is 7.19. The molecule has 5 atom stereocenters. The van der Waals surface area contributed by atoms with Gasteiger partial charge in [-0.2, -0.15) is 0 Å². The van der Waals surface area contributed by atoms with Crippen LogP contribution in [0.4, 0.5) is 0 Å². The molecule has 0 spiro atoms. The summed E-state index contributed by atoms with van der Waals surface area (Å²) in [4.78, 5) is 0. The smallest absolute Gasteiger partial charge is 0.00968 e. The second-order valence-corrected chi connectivity index (χ2v) is 7.27. The molecule has 0 fully saturated rings. The molecule has 0 aromatic heterocycles. The molecule has 0 aliphatic carbocycles. The highest BCUT2D eigenvalue weighted by Gasteiger charge is 2.46.